The van der Waals surface area contributed by atoms with Crippen molar-refractivity contribution in [2.24, 2.45) is 0 Å². The van der Waals surface area contributed by atoms with Crippen molar-refractivity contribution in [3.05, 3.63) is 17.5 Å². The molecule has 2 aliphatic heterocycles. The predicted octanol–water partition coefficient (Wildman–Crippen LogP) is 0.0692. The standard InChI is InChI=1S/C18H30N6O3S/c1-5-22-8-10-23(11-9-22)17(25)15-12-19-18(21(2)3)20-16(15)14-6-7-24(13-14)28(4,26)27/h12,14H,5-11,13H2,1-4H3. The Morgan fingerprint density at radius 3 is 2.43 bits per heavy atom. The molecule has 0 bridgehead atoms. The minimum atomic E-state index is -3.25. The SMILES string of the molecule is CCN1CCN(C(=O)c2cnc(N(C)C)nc2C2CCN(S(C)(=O)=O)C2)CC1. The van der Waals surface area contributed by atoms with Gasteiger partial charge in [-0.1, -0.05) is 6.92 Å². The first-order chi connectivity index (χ1) is 13.2. The molecule has 0 aromatic carbocycles. The van der Waals surface area contributed by atoms with Crippen molar-refractivity contribution >= 4 is 21.9 Å². The number of carbonyl (C=O) groups is 1. The quantitative estimate of drug-likeness (QED) is 0.678. The molecule has 2 fully saturated rings. The highest BCUT2D eigenvalue weighted by molar-refractivity contribution is 7.88. The second-order valence-electron chi connectivity index (χ2n) is 7.70. The first kappa shape index (κ1) is 20.9. The van der Waals surface area contributed by atoms with Gasteiger partial charge in [0, 0.05) is 65.5 Å². The van der Waals surface area contributed by atoms with E-state index in [2.05, 4.69) is 21.8 Å². The van der Waals surface area contributed by atoms with Crippen LogP contribution in [0, 0.1) is 0 Å². The first-order valence-corrected chi connectivity index (χ1v) is 11.6. The molecule has 0 spiro atoms. The summed E-state index contributed by atoms with van der Waals surface area (Å²) < 4.78 is 25.3. The Morgan fingerprint density at radius 2 is 1.89 bits per heavy atom. The molecule has 156 valence electrons. The third kappa shape index (κ3) is 4.44. The second-order valence-corrected chi connectivity index (χ2v) is 9.68. The first-order valence-electron chi connectivity index (χ1n) is 9.71. The topological polar surface area (TPSA) is 89.9 Å². The third-order valence-corrected chi connectivity index (χ3v) is 6.82. The number of amides is 1. The fourth-order valence-corrected chi connectivity index (χ4v) is 4.65. The van der Waals surface area contributed by atoms with Crippen LogP contribution in [0.25, 0.3) is 0 Å². The number of anilines is 1. The molecule has 0 radical (unpaired) electrons. The van der Waals surface area contributed by atoms with E-state index in [9.17, 15) is 13.2 Å². The molecule has 1 aromatic heterocycles. The van der Waals surface area contributed by atoms with E-state index in [0.29, 0.717) is 49.8 Å². The number of likely N-dealkylation sites (N-methyl/N-ethyl adjacent to an activating group) is 1. The van der Waals surface area contributed by atoms with Crippen LogP contribution in [-0.2, 0) is 10.0 Å². The molecule has 2 aliphatic rings. The van der Waals surface area contributed by atoms with Crippen LogP contribution in [0.5, 0.6) is 0 Å². The number of rotatable bonds is 5. The number of hydrogen-bond acceptors (Lipinski definition) is 7. The zero-order valence-electron chi connectivity index (χ0n) is 17.1. The highest BCUT2D eigenvalue weighted by Gasteiger charge is 2.34. The number of nitrogens with zero attached hydrogens (tertiary/aromatic N) is 6. The molecule has 0 saturated carbocycles. The molecular formula is C18H30N6O3S. The summed E-state index contributed by atoms with van der Waals surface area (Å²) in [5, 5.41) is 0. The van der Waals surface area contributed by atoms with E-state index in [1.165, 1.54) is 10.6 Å². The van der Waals surface area contributed by atoms with E-state index < -0.39 is 10.0 Å². The predicted molar refractivity (Wildman–Crippen MR) is 108 cm³/mol. The molecule has 10 heteroatoms. The number of carbonyl (C=O) groups excluding carboxylic acids is 1. The van der Waals surface area contributed by atoms with E-state index in [-0.39, 0.29) is 11.8 Å². The summed E-state index contributed by atoms with van der Waals surface area (Å²) in [5.74, 6) is 0.362. The average Bonchev–Trinajstić information content (AvgIpc) is 3.17. The van der Waals surface area contributed by atoms with Crippen molar-refractivity contribution in [1.82, 2.24) is 24.1 Å². The maximum Gasteiger partial charge on any atom is 0.257 e. The summed E-state index contributed by atoms with van der Waals surface area (Å²) in [6.45, 7) is 7.00. The Kier molecular flexibility index (Phi) is 6.21. The molecule has 1 atom stereocenters. The van der Waals surface area contributed by atoms with Crippen LogP contribution in [0.15, 0.2) is 6.20 Å². The van der Waals surface area contributed by atoms with Gasteiger partial charge in [0.05, 0.1) is 17.5 Å². The van der Waals surface area contributed by atoms with Gasteiger partial charge in [-0.3, -0.25) is 4.79 Å². The van der Waals surface area contributed by atoms with E-state index in [1.807, 2.05) is 19.0 Å². The van der Waals surface area contributed by atoms with Crippen molar-refractivity contribution < 1.29 is 13.2 Å². The smallest absolute Gasteiger partial charge is 0.257 e. The largest absolute Gasteiger partial charge is 0.347 e. The Morgan fingerprint density at radius 1 is 1.21 bits per heavy atom. The number of hydrogen-bond donors (Lipinski definition) is 0. The van der Waals surface area contributed by atoms with E-state index in [4.69, 9.17) is 0 Å². The molecule has 1 unspecified atom stereocenters. The van der Waals surface area contributed by atoms with Gasteiger partial charge in [-0.25, -0.2) is 22.7 Å². The normalized spacial score (nSPS) is 21.9. The Labute approximate surface area is 167 Å². The molecule has 9 nitrogen and oxygen atoms in total. The lowest BCUT2D eigenvalue weighted by molar-refractivity contribution is 0.0641. The fraction of sp³-hybridized carbons (Fsp3) is 0.722. The molecule has 1 amide bonds. The molecular weight excluding hydrogens is 380 g/mol. The van der Waals surface area contributed by atoms with Gasteiger partial charge >= 0.3 is 0 Å². The summed E-state index contributed by atoms with van der Waals surface area (Å²) in [6.07, 6.45) is 3.48. The molecule has 3 heterocycles. The zero-order chi connectivity index (χ0) is 20.5. The maximum atomic E-state index is 13.2. The highest BCUT2D eigenvalue weighted by Crippen LogP contribution is 2.31. The van der Waals surface area contributed by atoms with E-state index >= 15 is 0 Å². The van der Waals surface area contributed by atoms with Crippen molar-refractivity contribution in [2.75, 3.05) is 71.1 Å². The molecule has 0 aliphatic carbocycles. The lowest BCUT2D eigenvalue weighted by atomic mass is 9.99. The summed E-state index contributed by atoms with van der Waals surface area (Å²) in [4.78, 5) is 28.2. The van der Waals surface area contributed by atoms with Crippen LogP contribution in [0.4, 0.5) is 5.95 Å². The minimum absolute atomic E-state index is 0.0612. The lowest BCUT2D eigenvalue weighted by Crippen LogP contribution is -2.48. The van der Waals surface area contributed by atoms with Crippen LogP contribution in [0.1, 0.15) is 35.3 Å². The van der Waals surface area contributed by atoms with Crippen molar-refractivity contribution in [3.63, 3.8) is 0 Å². The monoisotopic (exact) mass is 410 g/mol. The van der Waals surface area contributed by atoms with Crippen molar-refractivity contribution in [3.8, 4) is 0 Å². The van der Waals surface area contributed by atoms with Gasteiger partial charge in [-0.15, -0.1) is 0 Å². The number of aromatic nitrogens is 2. The molecule has 2 saturated heterocycles. The van der Waals surface area contributed by atoms with E-state index in [1.54, 1.807) is 11.1 Å². The molecule has 1 aromatic rings. The minimum Gasteiger partial charge on any atom is -0.347 e. The van der Waals surface area contributed by atoms with Crippen LogP contribution >= 0.6 is 0 Å². The van der Waals surface area contributed by atoms with Gasteiger partial charge in [0.1, 0.15) is 0 Å². The maximum absolute atomic E-state index is 13.2. The lowest BCUT2D eigenvalue weighted by Gasteiger charge is -2.34. The summed E-state index contributed by atoms with van der Waals surface area (Å²) in [5.41, 5.74) is 1.16. The van der Waals surface area contributed by atoms with Gasteiger partial charge in [0.2, 0.25) is 16.0 Å². The van der Waals surface area contributed by atoms with Crippen LogP contribution in [0.2, 0.25) is 0 Å². The van der Waals surface area contributed by atoms with E-state index in [0.717, 1.165) is 19.6 Å². The van der Waals surface area contributed by atoms with Crippen molar-refractivity contribution in [2.45, 2.75) is 19.3 Å². The Bertz CT molecular complexity index is 821. The zero-order valence-corrected chi connectivity index (χ0v) is 17.9. The Hall–Kier alpha value is -1.78. The van der Waals surface area contributed by atoms with Gasteiger partial charge in [-0.2, -0.15) is 0 Å². The van der Waals surface area contributed by atoms with Gasteiger partial charge in [0.25, 0.3) is 5.91 Å². The number of sulfonamides is 1. The summed E-state index contributed by atoms with van der Waals surface area (Å²) in [6, 6.07) is 0. The Balaban J connectivity index is 1.88. The van der Waals surface area contributed by atoms with Crippen LogP contribution < -0.4 is 4.90 Å². The molecule has 3 rings (SSSR count). The van der Waals surface area contributed by atoms with Gasteiger partial charge in [-0.05, 0) is 13.0 Å². The number of piperazine rings is 1. The van der Waals surface area contributed by atoms with Gasteiger partial charge < -0.3 is 14.7 Å². The fourth-order valence-electron chi connectivity index (χ4n) is 3.77. The molecule has 0 N–H and O–H groups in total. The van der Waals surface area contributed by atoms with Crippen molar-refractivity contribution in [1.29, 1.82) is 0 Å². The third-order valence-electron chi connectivity index (χ3n) is 5.55. The van der Waals surface area contributed by atoms with Crippen LogP contribution in [0.3, 0.4) is 0 Å². The summed E-state index contributed by atoms with van der Waals surface area (Å²) >= 11 is 0. The highest BCUT2D eigenvalue weighted by atomic mass is 32.2. The second kappa shape index (κ2) is 8.30. The summed E-state index contributed by atoms with van der Waals surface area (Å²) in [7, 11) is 0.445. The molecule has 28 heavy (non-hydrogen) atoms. The average molecular weight is 411 g/mol. The van der Waals surface area contributed by atoms with Crippen LogP contribution in [-0.4, -0.2) is 105 Å². The van der Waals surface area contributed by atoms with Gasteiger partial charge in [0.15, 0.2) is 0 Å².